The van der Waals surface area contributed by atoms with Crippen LogP contribution in [0.1, 0.15) is 28.5 Å². The van der Waals surface area contributed by atoms with Crippen molar-refractivity contribution in [2.75, 3.05) is 11.5 Å². The Hall–Kier alpha value is -2.96. The summed E-state index contributed by atoms with van der Waals surface area (Å²) in [6.45, 7) is 1.90. The van der Waals surface area contributed by atoms with Gasteiger partial charge in [0.25, 0.3) is 0 Å². The van der Waals surface area contributed by atoms with Crippen LogP contribution in [-0.2, 0) is 6.42 Å². The van der Waals surface area contributed by atoms with E-state index in [1.54, 1.807) is 25.1 Å². The molecule has 0 aliphatic carbocycles. The van der Waals surface area contributed by atoms with Crippen molar-refractivity contribution >= 4 is 18.1 Å². The molecule has 0 spiro atoms. The van der Waals surface area contributed by atoms with Gasteiger partial charge in [-0.1, -0.05) is 12.1 Å². The zero-order chi connectivity index (χ0) is 17.3. The van der Waals surface area contributed by atoms with Crippen LogP contribution in [0.5, 0.6) is 5.88 Å². The summed E-state index contributed by atoms with van der Waals surface area (Å²) in [4.78, 5) is 28.2. The standard InChI is InChI=1S/C17H15FN2O4/c1-10-9-24-16-15(20(10)17(22)23)7-12(14(8-21)19-16)6-11-2-4-13(18)5-3-11/h2-5,7-8,10H,6,9H2,1H3,(H,22,23)/t10-/m0/s1. The number of hydrogen-bond donors (Lipinski definition) is 1. The number of carbonyl (C=O) groups is 2. The van der Waals surface area contributed by atoms with E-state index in [1.807, 2.05) is 0 Å². The lowest BCUT2D eigenvalue weighted by Crippen LogP contribution is -2.44. The first-order valence-electron chi connectivity index (χ1n) is 7.38. The second-order valence-electron chi connectivity index (χ2n) is 5.59. The minimum Gasteiger partial charge on any atom is -0.474 e. The molecule has 1 N–H and O–H groups in total. The molecule has 2 heterocycles. The van der Waals surface area contributed by atoms with E-state index in [1.165, 1.54) is 17.0 Å². The number of nitrogens with zero attached hydrogens (tertiary/aromatic N) is 2. The molecule has 1 atom stereocenters. The molecule has 0 saturated heterocycles. The molecule has 1 amide bonds. The molecular formula is C17H15FN2O4. The van der Waals surface area contributed by atoms with Crippen molar-refractivity contribution in [1.82, 2.24) is 4.98 Å². The van der Waals surface area contributed by atoms with Crippen LogP contribution in [0.3, 0.4) is 0 Å². The number of aromatic nitrogens is 1. The molecule has 0 fully saturated rings. The fraction of sp³-hybridized carbons (Fsp3) is 0.235. The van der Waals surface area contributed by atoms with Crippen molar-refractivity contribution in [3.63, 3.8) is 0 Å². The zero-order valence-electron chi connectivity index (χ0n) is 12.9. The molecule has 1 aromatic carbocycles. The SMILES string of the molecule is C[C@H]1COc2nc(C=O)c(Cc3ccc(F)cc3)cc2N1C(=O)O. The second-order valence-corrected chi connectivity index (χ2v) is 5.59. The maximum absolute atomic E-state index is 13.0. The quantitative estimate of drug-likeness (QED) is 0.875. The van der Waals surface area contributed by atoms with Gasteiger partial charge in [-0.2, -0.15) is 0 Å². The Morgan fingerprint density at radius 2 is 2.17 bits per heavy atom. The Kier molecular flexibility index (Phi) is 4.16. The molecule has 7 heteroatoms. The van der Waals surface area contributed by atoms with Gasteiger partial charge in [-0.25, -0.2) is 14.2 Å². The number of benzene rings is 1. The lowest BCUT2D eigenvalue weighted by molar-refractivity contribution is 0.111. The minimum atomic E-state index is -1.11. The third kappa shape index (κ3) is 2.92. The molecule has 1 aliphatic rings. The predicted molar refractivity (Wildman–Crippen MR) is 84.3 cm³/mol. The maximum Gasteiger partial charge on any atom is 0.412 e. The first kappa shape index (κ1) is 15.9. The highest BCUT2D eigenvalue weighted by atomic mass is 19.1. The van der Waals surface area contributed by atoms with Crippen LogP contribution in [0, 0.1) is 5.82 Å². The van der Waals surface area contributed by atoms with Gasteiger partial charge in [0.1, 0.15) is 23.8 Å². The van der Waals surface area contributed by atoms with Gasteiger partial charge in [0.2, 0.25) is 5.88 Å². The van der Waals surface area contributed by atoms with Crippen molar-refractivity contribution in [1.29, 1.82) is 0 Å². The molecule has 1 aliphatic heterocycles. The number of anilines is 1. The first-order chi connectivity index (χ1) is 11.5. The Bertz CT molecular complexity index is 792. The van der Waals surface area contributed by atoms with E-state index in [2.05, 4.69) is 4.98 Å². The van der Waals surface area contributed by atoms with Crippen molar-refractivity contribution in [3.05, 3.63) is 53.0 Å². The van der Waals surface area contributed by atoms with Crippen LogP contribution < -0.4 is 9.64 Å². The molecule has 124 valence electrons. The largest absolute Gasteiger partial charge is 0.474 e. The number of carboxylic acid groups (broad SMARTS) is 1. The van der Waals surface area contributed by atoms with Gasteiger partial charge in [0.15, 0.2) is 6.29 Å². The van der Waals surface area contributed by atoms with Crippen molar-refractivity contribution in [2.24, 2.45) is 0 Å². The van der Waals surface area contributed by atoms with Crippen LogP contribution in [0.15, 0.2) is 30.3 Å². The minimum absolute atomic E-state index is 0.125. The number of hydrogen-bond acceptors (Lipinski definition) is 4. The van der Waals surface area contributed by atoms with Crippen LogP contribution >= 0.6 is 0 Å². The predicted octanol–water partition coefficient (Wildman–Crippen LogP) is 2.89. The van der Waals surface area contributed by atoms with Gasteiger partial charge in [-0.05, 0) is 42.7 Å². The molecule has 0 saturated carbocycles. The number of pyridine rings is 1. The topological polar surface area (TPSA) is 79.7 Å². The summed E-state index contributed by atoms with van der Waals surface area (Å²) in [5.74, 6) is -0.224. The van der Waals surface area contributed by atoms with Crippen molar-refractivity contribution in [2.45, 2.75) is 19.4 Å². The molecule has 1 aromatic heterocycles. The third-order valence-corrected chi connectivity index (χ3v) is 3.87. The van der Waals surface area contributed by atoms with Crippen molar-refractivity contribution < 1.29 is 23.8 Å². The highest BCUT2D eigenvalue weighted by Gasteiger charge is 2.31. The van der Waals surface area contributed by atoms with Gasteiger partial charge < -0.3 is 9.84 Å². The summed E-state index contributed by atoms with van der Waals surface area (Å²) in [6, 6.07) is 7.11. The molecule has 2 aromatic rings. The highest BCUT2D eigenvalue weighted by Crippen LogP contribution is 2.34. The Morgan fingerprint density at radius 3 is 2.79 bits per heavy atom. The maximum atomic E-state index is 13.0. The smallest absolute Gasteiger partial charge is 0.412 e. The Balaban J connectivity index is 2.04. The average molecular weight is 330 g/mol. The molecular weight excluding hydrogens is 315 g/mol. The number of rotatable bonds is 3. The third-order valence-electron chi connectivity index (χ3n) is 3.87. The van der Waals surface area contributed by atoms with Gasteiger partial charge in [0.05, 0.1) is 6.04 Å². The van der Waals surface area contributed by atoms with Crippen LogP contribution in [0.25, 0.3) is 0 Å². The number of halogens is 1. The van der Waals surface area contributed by atoms with E-state index in [0.717, 1.165) is 5.56 Å². The fourth-order valence-electron chi connectivity index (χ4n) is 2.69. The zero-order valence-corrected chi connectivity index (χ0v) is 12.9. The van der Waals surface area contributed by atoms with Crippen molar-refractivity contribution in [3.8, 4) is 5.88 Å². The summed E-state index contributed by atoms with van der Waals surface area (Å²) in [5.41, 5.74) is 1.83. The van der Waals surface area contributed by atoms with Crippen LogP contribution in [-0.4, -0.2) is 35.1 Å². The van der Waals surface area contributed by atoms with E-state index in [-0.39, 0.29) is 30.0 Å². The number of aldehydes is 1. The van der Waals surface area contributed by atoms with Crippen LogP contribution in [0.4, 0.5) is 14.9 Å². The van der Waals surface area contributed by atoms with Gasteiger partial charge >= 0.3 is 6.09 Å². The normalized spacial score (nSPS) is 16.2. The molecule has 0 unspecified atom stereocenters. The van der Waals surface area contributed by atoms with Crippen LogP contribution in [0.2, 0.25) is 0 Å². The molecule has 6 nitrogen and oxygen atoms in total. The molecule has 24 heavy (non-hydrogen) atoms. The fourth-order valence-corrected chi connectivity index (χ4v) is 2.69. The van der Waals surface area contributed by atoms with Gasteiger partial charge in [0, 0.05) is 0 Å². The summed E-state index contributed by atoms with van der Waals surface area (Å²) in [7, 11) is 0. The van der Waals surface area contributed by atoms with E-state index in [4.69, 9.17) is 4.74 Å². The highest BCUT2D eigenvalue weighted by molar-refractivity contribution is 5.90. The number of fused-ring (bicyclic) bond motifs is 1. The van der Waals surface area contributed by atoms with E-state index in [0.29, 0.717) is 24.0 Å². The average Bonchev–Trinajstić information content (AvgIpc) is 2.56. The molecule has 0 radical (unpaired) electrons. The number of ether oxygens (including phenoxy) is 1. The van der Waals surface area contributed by atoms with Gasteiger partial charge in [-0.15, -0.1) is 0 Å². The van der Waals surface area contributed by atoms with E-state index >= 15 is 0 Å². The van der Waals surface area contributed by atoms with Gasteiger partial charge in [-0.3, -0.25) is 9.69 Å². The summed E-state index contributed by atoms with van der Waals surface area (Å²) >= 11 is 0. The summed E-state index contributed by atoms with van der Waals surface area (Å²) in [6.07, 6.45) is -0.178. The lowest BCUT2D eigenvalue weighted by atomic mass is 10.0. The lowest BCUT2D eigenvalue weighted by Gasteiger charge is -2.32. The van der Waals surface area contributed by atoms with E-state index in [9.17, 15) is 19.1 Å². The number of amides is 1. The summed E-state index contributed by atoms with van der Waals surface area (Å²) in [5, 5.41) is 9.42. The first-order valence-corrected chi connectivity index (χ1v) is 7.38. The molecule has 3 rings (SSSR count). The summed E-state index contributed by atoms with van der Waals surface area (Å²) < 4.78 is 18.5. The van der Waals surface area contributed by atoms with E-state index < -0.39 is 6.09 Å². The number of carbonyl (C=O) groups excluding carboxylic acids is 1. The molecule has 0 bridgehead atoms. The Labute approximate surface area is 137 Å². The second kappa shape index (κ2) is 6.27. The monoisotopic (exact) mass is 330 g/mol. The Morgan fingerprint density at radius 1 is 1.46 bits per heavy atom.